The molecule has 0 radical (unpaired) electrons. The Morgan fingerprint density at radius 2 is 2.38 bits per heavy atom. The first-order valence-electron chi connectivity index (χ1n) is 3.14. The van der Waals surface area contributed by atoms with E-state index in [1.165, 1.54) is 6.42 Å². The zero-order valence-corrected chi connectivity index (χ0v) is 5.15. The lowest BCUT2D eigenvalue weighted by molar-refractivity contribution is 0.462. The fraction of sp³-hybridized carbons (Fsp3) is 1.00. The van der Waals surface area contributed by atoms with Crippen molar-refractivity contribution in [2.45, 2.75) is 19.4 Å². The van der Waals surface area contributed by atoms with Crippen molar-refractivity contribution < 1.29 is 4.39 Å². The molecule has 1 fully saturated rings. The van der Waals surface area contributed by atoms with Crippen LogP contribution in [0.3, 0.4) is 0 Å². The van der Waals surface area contributed by atoms with Crippen LogP contribution < -0.4 is 5.32 Å². The van der Waals surface area contributed by atoms with Gasteiger partial charge in [-0.1, -0.05) is 6.92 Å². The number of alkyl halides is 1. The third kappa shape index (κ3) is 1.44. The summed E-state index contributed by atoms with van der Waals surface area (Å²) in [5.41, 5.74) is 0. The second kappa shape index (κ2) is 2.44. The Kier molecular flexibility index (Phi) is 1.84. The average molecular weight is 117 g/mol. The van der Waals surface area contributed by atoms with Crippen molar-refractivity contribution in [2.75, 3.05) is 13.2 Å². The molecule has 0 saturated heterocycles. The van der Waals surface area contributed by atoms with Crippen LogP contribution in [0.1, 0.15) is 13.3 Å². The van der Waals surface area contributed by atoms with Crippen molar-refractivity contribution in [1.29, 1.82) is 0 Å². The number of rotatable bonds is 3. The van der Waals surface area contributed by atoms with E-state index in [1.54, 1.807) is 0 Å². The van der Waals surface area contributed by atoms with Crippen molar-refractivity contribution in [3.63, 3.8) is 0 Å². The zero-order chi connectivity index (χ0) is 5.98. The van der Waals surface area contributed by atoms with Gasteiger partial charge in [-0.05, 0) is 12.3 Å². The van der Waals surface area contributed by atoms with E-state index in [9.17, 15) is 4.39 Å². The van der Waals surface area contributed by atoms with Crippen LogP contribution in [0.4, 0.5) is 4.39 Å². The van der Waals surface area contributed by atoms with Crippen LogP contribution in [-0.2, 0) is 0 Å². The first-order chi connectivity index (χ1) is 3.84. The third-order valence-corrected chi connectivity index (χ3v) is 1.61. The van der Waals surface area contributed by atoms with Crippen molar-refractivity contribution in [3.8, 4) is 0 Å². The quantitative estimate of drug-likeness (QED) is 0.580. The molecule has 2 atom stereocenters. The van der Waals surface area contributed by atoms with Crippen LogP contribution in [0.25, 0.3) is 0 Å². The van der Waals surface area contributed by atoms with Crippen LogP contribution in [0, 0.1) is 5.92 Å². The van der Waals surface area contributed by atoms with E-state index < -0.39 is 0 Å². The van der Waals surface area contributed by atoms with Gasteiger partial charge in [0.2, 0.25) is 0 Å². The minimum atomic E-state index is -0.233. The van der Waals surface area contributed by atoms with Gasteiger partial charge in [0, 0.05) is 12.6 Å². The standard InChI is InChI=1S/C6H12FN/c1-5-4-6(5)8-3-2-7/h5-6,8H,2-4H2,1H3. The number of hydrogen-bond acceptors (Lipinski definition) is 1. The van der Waals surface area contributed by atoms with E-state index >= 15 is 0 Å². The average Bonchev–Trinajstić information content (AvgIpc) is 2.42. The van der Waals surface area contributed by atoms with E-state index in [-0.39, 0.29) is 6.67 Å². The molecule has 0 heterocycles. The van der Waals surface area contributed by atoms with E-state index in [0.29, 0.717) is 12.6 Å². The highest BCUT2D eigenvalue weighted by atomic mass is 19.1. The van der Waals surface area contributed by atoms with Crippen molar-refractivity contribution in [2.24, 2.45) is 5.92 Å². The molecule has 1 aliphatic rings. The summed E-state index contributed by atoms with van der Waals surface area (Å²) in [4.78, 5) is 0. The molecule has 8 heavy (non-hydrogen) atoms. The number of hydrogen-bond donors (Lipinski definition) is 1. The largest absolute Gasteiger partial charge is 0.311 e. The maximum atomic E-state index is 11.4. The molecule has 48 valence electrons. The second-order valence-corrected chi connectivity index (χ2v) is 2.46. The van der Waals surface area contributed by atoms with Crippen molar-refractivity contribution in [3.05, 3.63) is 0 Å². The summed E-state index contributed by atoms with van der Waals surface area (Å²) in [5, 5.41) is 3.08. The smallest absolute Gasteiger partial charge is 0.102 e. The SMILES string of the molecule is CC1CC1NCCF. The molecule has 0 bridgehead atoms. The first kappa shape index (κ1) is 6.02. The van der Waals surface area contributed by atoms with Gasteiger partial charge in [0.05, 0.1) is 0 Å². The Morgan fingerprint density at radius 1 is 1.75 bits per heavy atom. The van der Waals surface area contributed by atoms with Crippen LogP contribution >= 0.6 is 0 Å². The molecule has 0 aromatic carbocycles. The Balaban J connectivity index is 1.89. The maximum Gasteiger partial charge on any atom is 0.102 e. The molecular formula is C6H12FN. The van der Waals surface area contributed by atoms with Gasteiger partial charge in [-0.2, -0.15) is 0 Å². The molecule has 0 amide bonds. The maximum absolute atomic E-state index is 11.4. The Morgan fingerprint density at radius 3 is 2.75 bits per heavy atom. The topological polar surface area (TPSA) is 12.0 Å². The Hall–Kier alpha value is -0.110. The minimum Gasteiger partial charge on any atom is -0.311 e. The first-order valence-corrected chi connectivity index (χ1v) is 3.14. The van der Waals surface area contributed by atoms with Gasteiger partial charge in [-0.3, -0.25) is 0 Å². The monoisotopic (exact) mass is 117 g/mol. The molecule has 1 saturated carbocycles. The van der Waals surface area contributed by atoms with Crippen molar-refractivity contribution in [1.82, 2.24) is 5.32 Å². The molecule has 0 spiro atoms. The number of halogens is 1. The highest BCUT2D eigenvalue weighted by Crippen LogP contribution is 2.28. The van der Waals surface area contributed by atoms with Gasteiger partial charge < -0.3 is 5.32 Å². The third-order valence-electron chi connectivity index (χ3n) is 1.61. The van der Waals surface area contributed by atoms with Gasteiger partial charge in [0.1, 0.15) is 6.67 Å². The summed E-state index contributed by atoms with van der Waals surface area (Å²) in [6, 6.07) is 0.630. The highest BCUT2D eigenvalue weighted by molar-refractivity contribution is 4.89. The molecule has 2 unspecified atom stereocenters. The lowest BCUT2D eigenvalue weighted by Crippen LogP contribution is -2.20. The molecule has 1 N–H and O–H groups in total. The molecule has 0 aromatic heterocycles. The molecule has 0 aromatic rings. The lowest BCUT2D eigenvalue weighted by atomic mass is 10.5. The zero-order valence-electron chi connectivity index (χ0n) is 5.15. The normalized spacial score (nSPS) is 35.2. The fourth-order valence-corrected chi connectivity index (χ4v) is 0.846. The van der Waals surface area contributed by atoms with E-state index in [2.05, 4.69) is 12.2 Å². The van der Waals surface area contributed by atoms with Gasteiger partial charge in [-0.15, -0.1) is 0 Å². The molecular weight excluding hydrogens is 105 g/mol. The molecule has 0 aliphatic heterocycles. The van der Waals surface area contributed by atoms with E-state index in [4.69, 9.17) is 0 Å². The van der Waals surface area contributed by atoms with Gasteiger partial charge in [0.25, 0.3) is 0 Å². The van der Waals surface area contributed by atoms with Gasteiger partial charge in [0.15, 0.2) is 0 Å². The van der Waals surface area contributed by atoms with Crippen LogP contribution in [0.15, 0.2) is 0 Å². The van der Waals surface area contributed by atoms with Gasteiger partial charge >= 0.3 is 0 Å². The minimum absolute atomic E-state index is 0.233. The Bertz CT molecular complexity index is 74.9. The lowest BCUT2D eigenvalue weighted by Gasteiger charge is -1.94. The highest BCUT2D eigenvalue weighted by Gasteiger charge is 2.31. The number of nitrogens with one attached hydrogen (secondary N) is 1. The summed E-state index contributed by atoms with van der Waals surface area (Å²) in [6.07, 6.45) is 1.24. The van der Waals surface area contributed by atoms with Gasteiger partial charge in [-0.25, -0.2) is 4.39 Å². The summed E-state index contributed by atoms with van der Waals surface area (Å²) in [7, 11) is 0. The Labute approximate surface area is 49.3 Å². The van der Waals surface area contributed by atoms with E-state index in [1.807, 2.05) is 0 Å². The summed E-state index contributed by atoms with van der Waals surface area (Å²) < 4.78 is 11.4. The fourth-order valence-electron chi connectivity index (χ4n) is 0.846. The van der Waals surface area contributed by atoms with Crippen LogP contribution in [0.2, 0.25) is 0 Å². The predicted octanol–water partition coefficient (Wildman–Crippen LogP) is 0.954. The molecule has 2 heteroatoms. The molecule has 1 rings (SSSR count). The molecule has 1 aliphatic carbocycles. The van der Waals surface area contributed by atoms with Crippen LogP contribution in [0.5, 0.6) is 0 Å². The van der Waals surface area contributed by atoms with Crippen molar-refractivity contribution >= 4 is 0 Å². The predicted molar refractivity (Wildman–Crippen MR) is 31.5 cm³/mol. The summed E-state index contributed by atoms with van der Waals surface area (Å²) in [6.45, 7) is 2.48. The summed E-state index contributed by atoms with van der Waals surface area (Å²) in [5.74, 6) is 0.793. The van der Waals surface area contributed by atoms with E-state index in [0.717, 1.165) is 5.92 Å². The second-order valence-electron chi connectivity index (χ2n) is 2.46. The summed E-state index contributed by atoms with van der Waals surface area (Å²) >= 11 is 0. The van der Waals surface area contributed by atoms with Crippen LogP contribution in [-0.4, -0.2) is 19.3 Å². The molecule has 1 nitrogen and oxygen atoms in total.